The quantitative estimate of drug-likeness (QED) is 0.457. The van der Waals surface area contributed by atoms with Crippen LogP contribution in [0, 0.1) is 6.92 Å². The molecule has 148 valence electrons. The molecule has 0 unspecified atom stereocenters. The zero-order valence-electron chi connectivity index (χ0n) is 15.6. The first kappa shape index (κ1) is 18.7. The van der Waals surface area contributed by atoms with Crippen LogP contribution in [-0.4, -0.2) is 29.6 Å². The van der Waals surface area contributed by atoms with Crippen LogP contribution in [0.15, 0.2) is 62.8 Å². The number of H-pyrrole nitrogens is 1. The van der Waals surface area contributed by atoms with E-state index in [0.29, 0.717) is 28.3 Å². The number of para-hydroxylation sites is 1. The molecule has 0 bridgehead atoms. The second kappa shape index (κ2) is 7.06. The van der Waals surface area contributed by atoms with Gasteiger partial charge in [0.1, 0.15) is 5.82 Å². The summed E-state index contributed by atoms with van der Waals surface area (Å²) in [6.45, 7) is 1.84. The lowest BCUT2D eigenvalue weighted by molar-refractivity contribution is 0.555. The van der Waals surface area contributed by atoms with Crippen LogP contribution in [0.4, 0.5) is 23.1 Å². The number of fused-ring (bicyclic) bond motifs is 1. The van der Waals surface area contributed by atoms with Gasteiger partial charge in [-0.25, -0.2) is 18.2 Å². The zero-order chi connectivity index (χ0) is 20.6. The molecule has 29 heavy (non-hydrogen) atoms. The fourth-order valence-corrected chi connectivity index (χ4v) is 3.65. The van der Waals surface area contributed by atoms with E-state index >= 15 is 0 Å². The molecule has 0 saturated heterocycles. The van der Waals surface area contributed by atoms with Crippen LogP contribution in [0.3, 0.4) is 0 Å². The number of aromatic amines is 1. The molecule has 3 N–H and O–H groups in total. The van der Waals surface area contributed by atoms with Gasteiger partial charge >= 0.3 is 5.76 Å². The van der Waals surface area contributed by atoms with Crippen molar-refractivity contribution in [2.24, 2.45) is 0 Å². The van der Waals surface area contributed by atoms with Crippen molar-refractivity contribution in [3.63, 3.8) is 0 Å². The predicted octanol–water partition coefficient (Wildman–Crippen LogP) is 3.11. The van der Waals surface area contributed by atoms with Gasteiger partial charge in [0.05, 0.1) is 16.1 Å². The molecule has 0 fully saturated rings. The van der Waals surface area contributed by atoms with Gasteiger partial charge in [0.2, 0.25) is 5.95 Å². The highest BCUT2D eigenvalue weighted by Crippen LogP contribution is 2.26. The summed E-state index contributed by atoms with van der Waals surface area (Å²) in [7, 11) is -3.41. The van der Waals surface area contributed by atoms with E-state index in [0.717, 1.165) is 11.8 Å². The molecule has 9 nitrogen and oxygen atoms in total. The molecule has 0 aliphatic rings. The first-order valence-corrected chi connectivity index (χ1v) is 10.5. The number of sulfone groups is 1. The number of benzene rings is 2. The largest absolute Gasteiger partial charge is 0.417 e. The van der Waals surface area contributed by atoms with E-state index in [2.05, 4.69) is 25.6 Å². The molecule has 0 aliphatic carbocycles. The minimum absolute atomic E-state index is 0.159. The minimum Gasteiger partial charge on any atom is -0.408 e. The van der Waals surface area contributed by atoms with Crippen LogP contribution in [0.5, 0.6) is 0 Å². The number of nitrogens with one attached hydrogen (secondary N) is 3. The van der Waals surface area contributed by atoms with Crippen molar-refractivity contribution in [1.29, 1.82) is 0 Å². The molecule has 2 heterocycles. The lowest BCUT2D eigenvalue weighted by Crippen LogP contribution is -2.06. The average molecular weight is 411 g/mol. The SMILES string of the molecule is Cc1cnc(Nc2ccccc2S(C)(=O)=O)nc1Nc1ccc2[nH]c(=O)oc2c1. The van der Waals surface area contributed by atoms with Gasteiger partial charge in [-0.05, 0) is 31.2 Å². The Morgan fingerprint density at radius 1 is 1.10 bits per heavy atom. The third-order valence-corrected chi connectivity index (χ3v) is 5.34. The second-order valence-electron chi connectivity index (χ2n) is 6.47. The summed E-state index contributed by atoms with van der Waals surface area (Å²) in [6.07, 6.45) is 2.77. The molecule has 0 spiro atoms. The Balaban J connectivity index is 1.65. The number of rotatable bonds is 5. The van der Waals surface area contributed by atoms with E-state index in [9.17, 15) is 13.2 Å². The molecule has 4 aromatic rings. The van der Waals surface area contributed by atoms with Crippen LogP contribution < -0.4 is 16.4 Å². The first-order valence-electron chi connectivity index (χ1n) is 8.59. The van der Waals surface area contributed by atoms with Crippen molar-refractivity contribution in [3.8, 4) is 0 Å². The number of hydrogen-bond donors (Lipinski definition) is 3. The standard InChI is InChI=1S/C19H17N5O4S/c1-11-10-20-18(22-14-5-3-4-6-16(14)29(2,26)27)24-17(11)21-12-7-8-13-15(9-12)28-19(25)23-13/h3-10H,1-2H3,(H,23,25)(H2,20,21,22,24). The van der Waals surface area contributed by atoms with Crippen LogP contribution in [-0.2, 0) is 9.84 Å². The van der Waals surface area contributed by atoms with E-state index in [1.54, 1.807) is 42.6 Å². The van der Waals surface area contributed by atoms with Gasteiger partial charge in [0, 0.05) is 29.8 Å². The normalized spacial score (nSPS) is 11.5. The monoisotopic (exact) mass is 411 g/mol. The topological polar surface area (TPSA) is 130 Å². The van der Waals surface area contributed by atoms with Crippen molar-refractivity contribution in [3.05, 3.63) is 64.8 Å². The van der Waals surface area contributed by atoms with Gasteiger partial charge in [-0.1, -0.05) is 12.1 Å². The van der Waals surface area contributed by atoms with E-state index in [4.69, 9.17) is 4.42 Å². The molecule has 0 radical (unpaired) electrons. The molecular formula is C19H17N5O4S. The van der Waals surface area contributed by atoms with Crippen LogP contribution in [0.2, 0.25) is 0 Å². The summed E-state index contributed by atoms with van der Waals surface area (Å²) in [5.41, 5.74) is 2.86. The third kappa shape index (κ3) is 3.97. The number of oxazole rings is 1. The minimum atomic E-state index is -3.41. The van der Waals surface area contributed by atoms with Gasteiger partial charge in [-0.15, -0.1) is 0 Å². The lowest BCUT2D eigenvalue weighted by Gasteiger charge is -2.12. The highest BCUT2D eigenvalue weighted by molar-refractivity contribution is 7.90. The van der Waals surface area contributed by atoms with Crippen molar-refractivity contribution in [2.45, 2.75) is 11.8 Å². The Kier molecular flexibility index (Phi) is 4.55. The number of nitrogens with zero attached hydrogens (tertiary/aromatic N) is 2. The summed E-state index contributed by atoms with van der Waals surface area (Å²) >= 11 is 0. The fraction of sp³-hybridized carbons (Fsp3) is 0.105. The molecule has 2 aromatic heterocycles. The number of aromatic nitrogens is 3. The fourth-order valence-electron chi connectivity index (χ4n) is 2.80. The van der Waals surface area contributed by atoms with E-state index < -0.39 is 15.6 Å². The van der Waals surface area contributed by atoms with Gasteiger partial charge < -0.3 is 15.1 Å². The summed E-state index contributed by atoms with van der Waals surface area (Å²) < 4.78 is 29.0. The van der Waals surface area contributed by atoms with Gasteiger partial charge in [0.15, 0.2) is 15.4 Å². The lowest BCUT2D eigenvalue weighted by atomic mass is 10.2. The Bertz CT molecular complexity index is 1370. The van der Waals surface area contributed by atoms with Gasteiger partial charge in [-0.3, -0.25) is 4.98 Å². The average Bonchev–Trinajstić information content (AvgIpc) is 3.03. The smallest absolute Gasteiger partial charge is 0.408 e. The summed E-state index contributed by atoms with van der Waals surface area (Å²) in [5, 5.41) is 6.12. The Morgan fingerprint density at radius 3 is 2.69 bits per heavy atom. The first-order chi connectivity index (χ1) is 13.8. The molecule has 0 aliphatic heterocycles. The number of anilines is 4. The molecule has 10 heteroatoms. The summed E-state index contributed by atoms with van der Waals surface area (Å²) in [6, 6.07) is 11.7. The van der Waals surface area contributed by atoms with Crippen LogP contribution in [0.1, 0.15) is 5.56 Å². The Hall–Kier alpha value is -3.66. The maximum atomic E-state index is 12.0. The third-order valence-electron chi connectivity index (χ3n) is 4.19. The molecule has 4 rings (SSSR count). The number of hydrogen-bond acceptors (Lipinski definition) is 8. The van der Waals surface area contributed by atoms with Crippen molar-refractivity contribution in [2.75, 3.05) is 16.9 Å². The summed E-state index contributed by atoms with van der Waals surface area (Å²) in [4.78, 5) is 22.7. The van der Waals surface area contributed by atoms with Crippen molar-refractivity contribution >= 4 is 44.1 Å². The Morgan fingerprint density at radius 2 is 1.90 bits per heavy atom. The molecular weight excluding hydrogens is 394 g/mol. The molecule has 2 aromatic carbocycles. The maximum absolute atomic E-state index is 12.0. The van der Waals surface area contributed by atoms with E-state index in [1.165, 1.54) is 6.07 Å². The van der Waals surface area contributed by atoms with Crippen molar-refractivity contribution < 1.29 is 12.8 Å². The zero-order valence-corrected chi connectivity index (χ0v) is 16.4. The van der Waals surface area contributed by atoms with Crippen LogP contribution in [0.25, 0.3) is 11.1 Å². The van der Waals surface area contributed by atoms with Gasteiger partial charge in [0.25, 0.3) is 0 Å². The molecule has 0 atom stereocenters. The molecule has 0 saturated carbocycles. The van der Waals surface area contributed by atoms with E-state index in [-0.39, 0.29) is 10.8 Å². The summed E-state index contributed by atoms with van der Waals surface area (Å²) in [5.74, 6) is 0.242. The number of aryl methyl sites for hydroxylation is 1. The highest BCUT2D eigenvalue weighted by Gasteiger charge is 2.14. The van der Waals surface area contributed by atoms with Crippen molar-refractivity contribution in [1.82, 2.24) is 15.0 Å². The van der Waals surface area contributed by atoms with E-state index in [1.807, 2.05) is 6.92 Å². The Labute approximate surface area is 165 Å². The van der Waals surface area contributed by atoms with Crippen LogP contribution >= 0.6 is 0 Å². The second-order valence-corrected chi connectivity index (χ2v) is 8.45. The predicted molar refractivity (Wildman–Crippen MR) is 110 cm³/mol. The maximum Gasteiger partial charge on any atom is 0.417 e. The highest BCUT2D eigenvalue weighted by atomic mass is 32.2. The van der Waals surface area contributed by atoms with Gasteiger partial charge in [-0.2, -0.15) is 4.98 Å². The molecule has 0 amide bonds.